The van der Waals surface area contributed by atoms with Gasteiger partial charge in [0.15, 0.2) is 0 Å². The number of hydrogen-bond acceptors (Lipinski definition) is 4. The molecule has 1 aromatic heterocycles. The van der Waals surface area contributed by atoms with E-state index in [1.807, 2.05) is 19.1 Å². The SMILES string of the molecule is Cc1ccc(NC(=O)c2ccc(=O)n(CC(=O)Nc3ccc(Cl)cc3)n2)cc1. The van der Waals surface area contributed by atoms with Gasteiger partial charge in [0, 0.05) is 22.5 Å². The maximum atomic E-state index is 12.4. The minimum absolute atomic E-state index is 0.0273. The maximum absolute atomic E-state index is 12.4. The van der Waals surface area contributed by atoms with Gasteiger partial charge in [-0.3, -0.25) is 14.4 Å². The third kappa shape index (κ3) is 5.05. The van der Waals surface area contributed by atoms with Crippen molar-refractivity contribution in [2.75, 3.05) is 10.6 Å². The summed E-state index contributed by atoms with van der Waals surface area (Å²) in [6.45, 7) is 1.62. The number of nitrogens with one attached hydrogen (secondary N) is 2. The van der Waals surface area contributed by atoms with Crippen LogP contribution in [-0.4, -0.2) is 21.6 Å². The van der Waals surface area contributed by atoms with Crippen molar-refractivity contribution >= 4 is 34.8 Å². The fourth-order valence-corrected chi connectivity index (χ4v) is 2.51. The molecule has 2 N–H and O–H groups in total. The average Bonchev–Trinajstić information content (AvgIpc) is 2.67. The number of anilines is 2. The van der Waals surface area contributed by atoms with E-state index >= 15 is 0 Å². The molecule has 1 heterocycles. The molecule has 0 bridgehead atoms. The van der Waals surface area contributed by atoms with Crippen LogP contribution in [0.4, 0.5) is 11.4 Å². The summed E-state index contributed by atoms with van der Waals surface area (Å²) in [6, 6.07) is 16.3. The second-order valence-electron chi connectivity index (χ2n) is 6.09. The van der Waals surface area contributed by atoms with Crippen LogP contribution < -0.4 is 16.2 Å². The van der Waals surface area contributed by atoms with E-state index in [0.717, 1.165) is 10.2 Å². The normalized spacial score (nSPS) is 10.4. The molecule has 0 aliphatic rings. The zero-order valence-electron chi connectivity index (χ0n) is 15.0. The van der Waals surface area contributed by atoms with Gasteiger partial charge >= 0.3 is 0 Å². The Balaban J connectivity index is 1.70. The van der Waals surface area contributed by atoms with E-state index in [4.69, 9.17) is 11.6 Å². The van der Waals surface area contributed by atoms with Gasteiger partial charge in [0.2, 0.25) is 5.91 Å². The highest BCUT2D eigenvalue weighted by Gasteiger charge is 2.12. The van der Waals surface area contributed by atoms with Gasteiger partial charge in [-0.05, 0) is 49.4 Å². The summed E-state index contributed by atoms with van der Waals surface area (Å²) in [7, 11) is 0. The zero-order chi connectivity index (χ0) is 20.1. The van der Waals surface area contributed by atoms with Gasteiger partial charge in [-0.1, -0.05) is 29.3 Å². The summed E-state index contributed by atoms with van der Waals surface area (Å²) in [4.78, 5) is 36.5. The van der Waals surface area contributed by atoms with Crippen LogP contribution in [0, 0.1) is 6.92 Å². The highest BCUT2D eigenvalue weighted by Crippen LogP contribution is 2.13. The molecule has 0 fully saturated rings. The van der Waals surface area contributed by atoms with Crippen molar-refractivity contribution in [1.82, 2.24) is 9.78 Å². The fraction of sp³-hybridized carbons (Fsp3) is 0.100. The lowest BCUT2D eigenvalue weighted by atomic mass is 10.2. The molecule has 7 nitrogen and oxygen atoms in total. The van der Waals surface area contributed by atoms with Crippen LogP contribution >= 0.6 is 11.6 Å². The maximum Gasteiger partial charge on any atom is 0.276 e. The summed E-state index contributed by atoms with van der Waals surface area (Å²) in [5.41, 5.74) is 1.75. The molecular weight excluding hydrogens is 380 g/mol. The number of halogens is 1. The summed E-state index contributed by atoms with van der Waals surface area (Å²) in [5.74, 6) is -0.927. The highest BCUT2D eigenvalue weighted by atomic mass is 35.5. The predicted molar refractivity (Wildman–Crippen MR) is 108 cm³/mol. The van der Waals surface area contributed by atoms with Gasteiger partial charge in [0.1, 0.15) is 12.2 Å². The quantitative estimate of drug-likeness (QED) is 0.693. The number of aromatic nitrogens is 2. The number of nitrogens with zero attached hydrogens (tertiary/aromatic N) is 2. The van der Waals surface area contributed by atoms with E-state index in [1.165, 1.54) is 12.1 Å². The first kappa shape index (κ1) is 19.3. The van der Waals surface area contributed by atoms with Crippen molar-refractivity contribution in [2.45, 2.75) is 13.5 Å². The van der Waals surface area contributed by atoms with Crippen molar-refractivity contribution in [3.63, 3.8) is 0 Å². The Morgan fingerprint density at radius 2 is 1.54 bits per heavy atom. The molecule has 0 atom stereocenters. The summed E-state index contributed by atoms with van der Waals surface area (Å²) < 4.78 is 0.940. The Kier molecular flexibility index (Phi) is 5.86. The highest BCUT2D eigenvalue weighted by molar-refractivity contribution is 6.30. The summed E-state index contributed by atoms with van der Waals surface area (Å²) in [6.07, 6.45) is 0. The lowest BCUT2D eigenvalue weighted by Crippen LogP contribution is -2.31. The van der Waals surface area contributed by atoms with Crippen LogP contribution in [-0.2, 0) is 11.3 Å². The van der Waals surface area contributed by atoms with Crippen LogP contribution in [0.25, 0.3) is 0 Å². The monoisotopic (exact) mass is 396 g/mol. The first-order chi connectivity index (χ1) is 13.4. The molecule has 2 amide bonds. The molecule has 142 valence electrons. The number of carbonyl (C=O) groups excluding carboxylic acids is 2. The molecule has 8 heteroatoms. The molecule has 2 aromatic carbocycles. The largest absolute Gasteiger partial charge is 0.324 e. The number of rotatable bonds is 5. The second kappa shape index (κ2) is 8.49. The second-order valence-corrected chi connectivity index (χ2v) is 6.53. The lowest BCUT2D eigenvalue weighted by Gasteiger charge is -2.09. The topological polar surface area (TPSA) is 93.1 Å². The molecule has 0 spiro atoms. The van der Waals surface area contributed by atoms with E-state index in [9.17, 15) is 14.4 Å². The van der Waals surface area contributed by atoms with Gasteiger partial charge in [0.25, 0.3) is 11.5 Å². The summed E-state index contributed by atoms with van der Waals surface area (Å²) in [5, 5.41) is 9.88. The van der Waals surface area contributed by atoms with E-state index in [-0.39, 0.29) is 12.2 Å². The first-order valence-electron chi connectivity index (χ1n) is 8.42. The smallest absolute Gasteiger partial charge is 0.276 e. The average molecular weight is 397 g/mol. The standard InChI is InChI=1S/C20H17ClN4O3/c1-13-2-6-16(7-3-13)23-20(28)17-10-11-19(27)25(24-17)12-18(26)22-15-8-4-14(21)5-9-15/h2-11H,12H2,1H3,(H,22,26)(H,23,28). The molecule has 0 unspecified atom stereocenters. The Labute approximate surface area is 166 Å². The van der Waals surface area contributed by atoms with Crippen LogP contribution in [0.15, 0.2) is 65.5 Å². The van der Waals surface area contributed by atoms with Crippen molar-refractivity contribution in [3.8, 4) is 0 Å². The molecule has 0 saturated carbocycles. The third-order valence-corrected chi connectivity index (χ3v) is 4.08. The Hall–Kier alpha value is -3.45. The van der Waals surface area contributed by atoms with E-state index in [1.54, 1.807) is 36.4 Å². The molecule has 3 rings (SSSR count). The minimum Gasteiger partial charge on any atom is -0.324 e. The molecule has 3 aromatic rings. The first-order valence-corrected chi connectivity index (χ1v) is 8.80. The van der Waals surface area contributed by atoms with Gasteiger partial charge in [0.05, 0.1) is 0 Å². The molecule has 28 heavy (non-hydrogen) atoms. The fourth-order valence-electron chi connectivity index (χ4n) is 2.39. The molecular formula is C20H17ClN4O3. The number of aryl methyl sites for hydroxylation is 1. The predicted octanol–water partition coefficient (Wildman–Crippen LogP) is 3.10. The van der Waals surface area contributed by atoms with Gasteiger partial charge in [-0.2, -0.15) is 5.10 Å². The van der Waals surface area contributed by atoms with E-state index in [2.05, 4.69) is 15.7 Å². The van der Waals surface area contributed by atoms with Crippen LogP contribution in [0.3, 0.4) is 0 Å². The van der Waals surface area contributed by atoms with Crippen molar-refractivity contribution in [2.24, 2.45) is 0 Å². The van der Waals surface area contributed by atoms with E-state index < -0.39 is 17.4 Å². The number of hydrogen-bond donors (Lipinski definition) is 2. The lowest BCUT2D eigenvalue weighted by molar-refractivity contribution is -0.117. The van der Waals surface area contributed by atoms with Crippen LogP contribution in [0.1, 0.15) is 16.1 Å². The Bertz CT molecular complexity index is 1060. The number of amides is 2. The molecule has 0 aliphatic carbocycles. The van der Waals surface area contributed by atoms with Gasteiger partial charge < -0.3 is 10.6 Å². The molecule has 0 radical (unpaired) electrons. The van der Waals surface area contributed by atoms with Crippen molar-refractivity contribution in [1.29, 1.82) is 0 Å². The third-order valence-electron chi connectivity index (χ3n) is 3.83. The van der Waals surface area contributed by atoms with E-state index in [0.29, 0.717) is 16.4 Å². The van der Waals surface area contributed by atoms with Crippen LogP contribution in [0.5, 0.6) is 0 Å². The number of benzene rings is 2. The van der Waals surface area contributed by atoms with Gasteiger partial charge in [-0.15, -0.1) is 0 Å². The number of carbonyl (C=O) groups is 2. The minimum atomic E-state index is -0.488. The summed E-state index contributed by atoms with van der Waals surface area (Å²) >= 11 is 5.81. The molecule has 0 aliphatic heterocycles. The van der Waals surface area contributed by atoms with Gasteiger partial charge in [-0.25, -0.2) is 4.68 Å². The molecule has 0 saturated heterocycles. The van der Waals surface area contributed by atoms with Crippen LogP contribution in [0.2, 0.25) is 5.02 Å². The Morgan fingerprint density at radius 1 is 0.929 bits per heavy atom. The van der Waals surface area contributed by atoms with Crippen molar-refractivity contribution < 1.29 is 9.59 Å². The Morgan fingerprint density at radius 3 is 2.21 bits per heavy atom. The van der Waals surface area contributed by atoms with Crippen molar-refractivity contribution in [3.05, 3.63) is 87.3 Å². The zero-order valence-corrected chi connectivity index (χ0v) is 15.7.